The van der Waals surface area contributed by atoms with Gasteiger partial charge in [0.1, 0.15) is 24.1 Å². The first kappa shape index (κ1) is 22.8. The maximum Gasteiger partial charge on any atom is 0.321 e. The number of aryl methyl sites for hydroxylation is 1. The van der Waals surface area contributed by atoms with Crippen LogP contribution < -0.4 is 15.8 Å². The Morgan fingerprint density at radius 1 is 1.31 bits per heavy atom. The Labute approximate surface area is 182 Å². The number of imidazole rings is 1. The van der Waals surface area contributed by atoms with Gasteiger partial charge in [-0.15, -0.1) is 0 Å². The lowest BCUT2D eigenvalue weighted by atomic mass is 10.3. The van der Waals surface area contributed by atoms with Crippen LogP contribution in [0.1, 0.15) is 6.42 Å². The van der Waals surface area contributed by atoms with Crippen LogP contribution in [0.3, 0.4) is 0 Å². The predicted molar refractivity (Wildman–Crippen MR) is 113 cm³/mol. The second-order valence-corrected chi connectivity index (χ2v) is 8.22. The number of rotatable bonds is 10. The molecule has 14 nitrogen and oxygen atoms in total. The van der Waals surface area contributed by atoms with E-state index in [0.717, 1.165) is 6.07 Å². The molecule has 32 heavy (non-hydrogen) atoms. The highest BCUT2D eigenvalue weighted by molar-refractivity contribution is 7.89. The van der Waals surface area contributed by atoms with Crippen molar-refractivity contribution in [3.8, 4) is 0 Å². The van der Waals surface area contributed by atoms with Crippen LogP contribution in [0.25, 0.3) is 11.2 Å². The molecule has 0 aliphatic carbocycles. The highest BCUT2D eigenvalue weighted by Crippen LogP contribution is 2.27. The number of hydrogen-bond acceptors (Lipinski definition) is 11. The molecule has 4 N–H and O–H groups in total. The molecular weight excluding hydrogens is 444 g/mol. The number of carbonyl (C=O) groups is 1. The summed E-state index contributed by atoms with van der Waals surface area (Å²) in [5, 5.41) is 13.7. The van der Waals surface area contributed by atoms with Crippen molar-refractivity contribution in [1.82, 2.24) is 24.2 Å². The molecule has 3 aromatic rings. The van der Waals surface area contributed by atoms with E-state index in [1.165, 1.54) is 25.5 Å². The van der Waals surface area contributed by atoms with Crippen molar-refractivity contribution in [3.05, 3.63) is 41.0 Å². The fraction of sp³-hybridized carbons (Fsp3) is 0.294. The van der Waals surface area contributed by atoms with Crippen molar-refractivity contribution < 1.29 is 22.9 Å². The van der Waals surface area contributed by atoms with E-state index in [0.29, 0.717) is 24.1 Å². The molecule has 0 fully saturated rings. The van der Waals surface area contributed by atoms with E-state index in [4.69, 9.17) is 10.5 Å². The summed E-state index contributed by atoms with van der Waals surface area (Å²) in [7, 11) is -2.68. The number of nitro groups is 1. The van der Waals surface area contributed by atoms with Gasteiger partial charge >= 0.3 is 5.97 Å². The van der Waals surface area contributed by atoms with Gasteiger partial charge in [0.2, 0.25) is 10.0 Å². The van der Waals surface area contributed by atoms with Crippen LogP contribution in [0.15, 0.2) is 35.7 Å². The zero-order chi connectivity index (χ0) is 23.3. The third-order valence-corrected chi connectivity index (χ3v) is 5.79. The SMILES string of the molecule is CNc1ccc(S(=O)(=O)NCC(=O)OCCCn2cnc3c(N)ncnc32)cc1[N+](=O)[O-]. The van der Waals surface area contributed by atoms with Gasteiger partial charge in [0, 0.05) is 19.7 Å². The van der Waals surface area contributed by atoms with E-state index >= 15 is 0 Å². The number of nitrogens with zero attached hydrogens (tertiary/aromatic N) is 5. The number of carbonyl (C=O) groups excluding carboxylic acids is 1. The van der Waals surface area contributed by atoms with Gasteiger partial charge in [-0.3, -0.25) is 14.9 Å². The minimum absolute atomic E-state index is 0.0309. The lowest BCUT2D eigenvalue weighted by Crippen LogP contribution is -2.31. The number of esters is 1. The average Bonchev–Trinajstić information content (AvgIpc) is 3.19. The van der Waals surface area contributed by atoms with Gasteiger partial charge in [0.05, 0.1) is 22.8 Å². The summed E-state index contributed by atoms with van der Waals surface area (Å²) in [6, 6.07) is 3.37. The number of nitro benzene ring substituents is 1. The molecule has 0 aliphatic heterocycles. The van der Waals surface area contributed by atoms with E-state index in [1.807, 2.05) is 0 Å². The fourth-order valence-corrected chi connectivity index (χ4v) is 3.80. The van der Waals surface area contributed by atoms with Crippen molar-refractivity contribution >= 4 is 44.3 Å². The number of nitrogen functional groups attached to an aromatic ring is 1. The number of nitrogens with one attached hydrogen (secondary N) is 2. The molecule has 3 rings (SSSR count). The van der Waals surface area contributed by atoms with E-state index in [2.05, 4.69) is 25.0 Å². The average molecular weight is 464 g/mol. The van der Waals surface area contributed by atoms with Gasteiger partial charge in [-0.2, -0.15) is 4.72 Å². The summed E-state index contributed by atoms with van der Waals surface area (Å²) in [5.74, 6) is -0.532. The lowest BCUT2D eigenvalue weighted by Gasteiger charge is -2.09. The Balaban J connectivity index is 1.50. The molecule has 0 spiro atoms. The van der Waals surface area contributed by atoms with Crippen LogP contribution >= 0.6 is 0 Å². The van der Waals surface area contributed by atoms with Gasteiger partial charge < -0.3 is 20.4 Å². The third kappa shape index (κ3) is 5.06. The zero-order valence-electron chi connectivity index (χ0n) is 16.9. The first-order valence-corrected chi connectivity index (χ1v) is 10.7. The molecule has 0 saturated carbocycles. The van der Waals surface area contributed by atoms with Crippen LogP contribution in [-0.4, -0.2) is 59.0 Å². The number of nitrogens with two attached hydrogens (primary N) is 1. The van der Waals surface area contributed by atoms with Crippen LogP contribution in [-0.2, 0) is 26.1 Å². The summed E-state index contributed by atoms with van der Waals surface area (Å²) in [6.07, 6.45) is 3.29. The molecule has 170 valence electrons. The summed E-state index contributed by atoms with van der Waals surface area (Å²) in [4.78, 5) is 34.0. The minimum Gasteiger partial charge on any atom is -0.465 e. The van der Waals surface area contributed by atoms with E-state index in [9.17, 15) is 23.3 Å². The molecule has 0 unspecified atom stereocenters. The largest absolute Gasteiger partial charge is 0.465 e. The molecule has 15 heteroatoms. The van der Waals surface area contributed by atoms with Crippen molar-refractivity contribution in [2.45, 2.75) is 17.9 Å². The van der Waals surface area contributed by atoms with Gasteiger partial charge in [-0.25, -0.2) is 23.4 Å². The van der Waals surface area contributed by atoms with E-state index < -0.39 is 33.1 Å². The number of benzene rings is 1. The lowest BCUT2D eigenvalue weighted by molar-refractivity contribution is -0.384. The molecular formula is C17H20N8O6S. The number of fused-ring (bicyclic) bond motifs is 1. The Hall–Kier alpha value is -3.85. The zero-order valence-corrected chi connectivity index (χ0v) is 17.7. The Morgan fingerprint density at radius 3 is 2.81 bits per heavy atom. The normalized spacial score (nSPS) is 11.4. The summed E-state index contributed by atoms with van der Waals surface area (Å²) < 4.78 is 33.5. The molecule has 0 amide bonds. The maximum atomic E-state index is 12.4. The molecule has 0 bridgehead atoms. The maximum absolute atomic E-state index is 12.4. The molecule has 0 radical (unpaired) electrons. The van der Waals surface area contributed by atoms with Crippen molar-refractivity contribution in [1.29, 1.82) is 0 Å². The number of anilines is 2. The third-order valence-electron chi connectivity index (χ3n) is 4.39. The fourth-order valence-electron chi connectivity index (χ4n) is 2.81. The molecule has 2 aromatic heterocycles. The molecule has 0 atom stereocenters. The predicted octanol–water partition coefficient (Wildman–Crippen LogP) is 0.270. The van der Waals surface area contributed by atoms with Crippen molar-refractivity contribution in [2.75, 3.05) is 31.2 Å². The second-order valence-electron chi connectivity index (χ2n) is 6.45. The smallest absolute Gasteiger partial charge is 0.321 e. The summed E-state index contributed by atoms with van der Waals surface area (Å²) in [6.45, 7) is -0.155. The minimum atomic E-state index is -4.15. The van der Waals surface area contributed by atoms with Crippen molar-refractivity contribution in [2.24, 2.45) is 0 Å². The monoisotopic (exact) mass is 464 g/mol. The first-order chi connectivity index (χ1) is 15.2. The highest BCUT2D eigenvalue weighted by atomic mass is 32.2. The van der Waals surface area contributed by atoms with Crippen LogP contribution in [0, 0.1) is 10.1 Å². The molecule has 0 saturated heterocycles. The van der Waals surface area contributed by atoms with Gasteiger partial charge in [-0.1, -0.05) is 0 Å². The Bertz CT molecular complexity index is 1260. The quantitative estimate of drug-likeness (QED) is 0.161. The van der Waals surface area contributed by atoms with Gasteiger partial charge in [0.15, 0.2) is 11.5 Å². The Kier molecular flexibility index (Phi) is 6.79. The molecule has 1 aromatic carbocycles. The number of aromatic nitrogens is 4. The van der Waals surface area contributed by atoms with E-state index in [1.54, 1.807) is 10.9 Å². The first-order valence-electron chi connectivity index (χ1n) is 9.25. The number of sulfonamides is 1. The van der Waals surface area contributed by atoms with Crippen LogP contribution in [0.2, 0.25) is 0 Å². The Morgan fingerprint density at radius 2 is 2.09 bits per heavy atom. The topological polar surface area (TPSA) is 197 Å². The van der Waals surface area contributed by atoms with Gasteiger partial charge in [0.25, 0.3) is 5.69 Å². The van der Waals surface area contributed by atoms with Gasteiger partial charge in [-0.05, 0) is 18.6 Å². The van der Waals surface area contributed by atoms with Crippen molar-refractivity contribution in [3.63, 3.8) is 0 Å². The molecule has 2 heterocycles. The van der Waals surface area contributed by atoms with Crippen LogP contribution in [0.5, 0.6) is 0 Å². The number of hydrogen-bond donors (Lipinski definition) is 3. The summed E-state index contributed by atoms with van der Waals surface area (Å²) in [5.41, 5.74) is 6.50. The van der Waals surface area contributed by atoms with Crippen LogP contribution in [0.4, 0.5) is 17.2 Å². The number of ether oxygens (including phenoxy) is 1. The second kappa shape index (κ2) is 9.52. The van der Waals surface area contributed by atoms with E-state index in [-0.39, 0.29) is 23.0 Å². The highest BCUT2D eigenvalue weighted by Gasteiger charge is 2.22. The molecule has 0 aliphatic rings. The summed E-state index contributed by atoms with van der Waals surface area (Å²) >= 11 is 0. The standard InChI is InChI=1S/C17H20N8O6S/c1-19-12-4-3-11(7-13(12)25(27)28)32(29,30)23-8-14(26)31-6-2-5-24-10-22-15-16(18)20-9-21-17(15)24/h3-4,7,9-10,19,23H,2,5-6,8H2,1H3,(H2,18,20,21).